The van der Waals surface area contributed by atoms with Crippen molar-refractivity contribution >= 4 is 27.5 Å². The monoisotopic (exact) mass is 487 g/mol. The van der Waals surface area contributed by atoms with Crippen molar-refractivity contribution in [3.8, 4) is 11.5 Å². The molecule has 1 saturated heterocycles. The van der Waals surface area contributed by atoms with Crippen molar-refractivity contribution in [2.45, 2.75) is 43.7 Å². The van der Waals surface area contributed by atoms with Crippen molar-refractivity contribution in [3.63, 3.8) is 0 Å². The molecule has 182 valence electrons. The van der Waals surface area contributed by atoms with E-state index >= 15 is 0 Å². The van der Waals surface area contributed by atoms with Crippen molar-refractivity contribution in [2.24, 2.45) is 5.92 Å². The standard InChI is InChI=1S/C24H29N3O6S/c1-3-21-24(29)26-20-14-19(8-9-22(20)33-21)34(30,31)27-12-10-17(11-13-27)23(28)25-15-16-4-6-18(32-2)7-5-16/h4-9,14,17,21H,3,10-13,15H2,1-2H3,(H,25,28)(H,26,29). The maximum atomic E-state index is 13.2. The predicted molar refractivity (Wildman–Crippen MR) is 126 cm³/mol. The van der Waals surface area contributed by atoms with Crippen LogP contribution in [0.5, 0.6) is 11.5 Å². The van der Waals surface area contributed by atoms with E-state index in [0.717, 1.165) is 11.3 Å². The van der Waals surface area contributed by atoms with E-state index in [0.29, 0.717) is 37.2 Å². The van der Waals surface area contributed by atoms with E-state index in [1.54, 1.807) is 13.2 Å². The lowest BCUT2D eigenvalue weighted by Gasteiger charge is -2.31. The number of rotatable bonds is 7. The van der Waals surface area contributed by atoms with Crippen molar-refractivity contribution in [1.82, 2.24) is 9.62 Å². The molecule has 2 heterocycles. The van der Waals surface area contributed by atoms with E-state index in [1.807, 2.05) is 31.2 Å². The van der Waals surface area contributed by atoms with Crippen LogP contribution >= 0.6 is 0 Å². The number of nitrogens with zero attached hydrogens (tertiary/aromatic N) is 1. The summed E-state index contributed by atoms with van der Waals surface area (Å²) < 4.78 is 38.5. The topological polar surface area (TPSA) is 114 Å². The van der Waals surface area contributed by atoms with Gasteiger partial charge in [-0.1, -0.05) is 19.1 Å². The number of hydrogen-bond acceptors (Lipinski definition) is 6. The average molecular weight is 488 g/mol. The Morgan fingerprint density at radius 2 is 1.88 bits per heavy atom. The summed E-state index contributed by atoms with van der Waals surface area (Å²) >= 11 is 0. The van der Waals surface area contributed by atoms with Gasteiger partial charge in [0.25, 0.3) is 5.91 Å². The van der Waals surface area contributed by atoms with Gasteiger partial charge in [-0.3, -0.25) is 9.59 Å². The van der Waals surface area contributed by atoms with Crippen LogP contribution in [0.4, 0.5) is 5.69 Å². The van der Waals surface area contributed by atoms with Crippen LogP contribution in [0.2, 0.25) is 0 Å². The van der Waals surface area contributed by atoms with Gasteiger partial charge in [0, 0.05) is 25.6 Å². The molecular weight excluding hydrogens is 458 g/mol. The Labute approximate surface area is 199 Å². The number of amides is 2. The molecule has 10 heteroatoms. The largest absolute Gasteiger partial charge is 0.497 e. The fourth-order valence-corrected chi connectivity index (χ4v) is 5.64. The zero-order valence-corrected chi connectivity index (χ0v) is 20.1. The molecule has 2 N–H and O–H groups in total. The van der Waals surface area contributed by atoms with Crippen molar-refractivity contribution in [1.29, 1.82) is 0 Å². The van der Waals surface area contributed by atoms with E-state index < -0.39 is 16.1 Å². The quantitative estimate of drug-likeness (QED) is 0.620. The first-order valence-electron chi connectivity index (χ1n) is 11.3. The Morgan fingerprint density at radius 1 is 1.18 bits per heavy atom. The molecule has 2 aromatic rings. The number of piperidine rings is 1. The fourth-order valence-electron chi connectivity index (χ4n) is 4.14. The lowest BCUT2D eigenvalue weighted by atomic mass is 9.97. The third-order valence-corrected chi connectivity index (χ3v) is 8.12. The van der Waals surface area contributed by atoms with Crippen molar-refractivity contribution in [2.75, 3.05) is 25.5 Å². The van der Waals surface area contributed by atoms with Gasteiger partial charge < -0.3 is 20.1 Å². The predicted octanol–water partition coefficient (Wildman–Crippen LogP) is 2.52. The molecule has 1 unspecified atom stereocenters. The van der Waals surface area contributed by atoms with Crippen LogP contribution < -0.4 is 20.1 Å². The number of methoxy groups -OCH3 is 1. The van der Waals surface area contributed by atoms with Gasteiger partial charge in [-0.15, -0.1) is 0 Å². The number of ether oxygens (including phenoxy) is 2. The van der Waals surface area contributed by atoms with Crippen LogP contribution in [-0.2, 0) is 26.2 Å². The summed E-state index contributed by atoms with van der Waals surface area (Å²) in [6.07, 6.45) is 0.825. The van der Waals surface area contributed by atoms with Gasteiger partial charge in [-0.2, -0.15) is 4.31 Å². The zero-order chi connectivity index (χ0) is 24.3. The van der Waals surface area contributed by atoms with E-state index in [9.17, 15) is 18.0 Å². The lowest BCUT2D eigenvalue weighted by molar-refractivity contribution is -0.126. The highest BCUT2D eigenvalue weighted by atomic mass is 32.2. The Morgan fingerprint density at radius 3 is 2.53 bits per heavy atom. The average Bonchev–Trinajstić information content (AvgIpc) is 2.86. The second-order valence-electron chi connectivity index (χ2n) is 8.41. The van der Waals surface area contributed by atoms with Crippen molar-refractivity contribution < 1.29 is 27.5 Å². The normalized spacial score (nSPS) is 19.0. The Bertz CT molecular complexity index is 1160. The highest BCUT2D eigenvalue weighted by Gasteiger charge is 2.33. The van der Waals surface area contributed by atoms with Gasteiger partial charge in [-0.05, 0) is 55.2 Å². The number of nitrogens with one attached hydrogen (secondary N) is 2. The van der Waals surface area contributed by atoms with E-state index in [4.69, 9.17) is 9.47 Å². The molecule has 2 aromatic carbocycles. The second kappa shape index (κ2) is 10.0. The summed E-state index contributed by atoms with van der Waals surface area (Å²) in [4.78, 5) is 24.8. The fraction of sp³-hybridized carbons (Fsp3) is 0.417. The first-order valence-corrected chi connectivity index (χ1v) is 12.8. The number of anilines is 1. The number of carbonyl (C=O) groups excluding carboxylic acids is 2. The minimum atomic E-state index is -3.76. The Kier molecular flexibility index (Phi) is 7.08. The number of carbonyl (C=O) groups is 2. The molecule has 9 nitrogen and oxygen atoms in total. The number of fused-ring (bicyclic) bond motifs is 1. The molecule has 0 saturated carbocycles. The molecule has 2 aliphatic rings. The maximum Gasteiger partial charge on any atom is 0.265 e. The summed E-state index contributed by atoms with van der Waals surface area (Å²) in [6.45, 7) is 2.75. The molecule has 0 bridgehead atoms. The van der Waals surface area contributed by atoms with Crippen LogP contribution in [0.25, 0.3) is 0 Å². The molecule has 0 aliphatic carbocycles. The minimum absolute atomic E-state index is 0.0769. The van der Waals surface area contributed by atoms with Gasteiger partial charge in [0.1, 0.15) is 11.5 Å². The molecule has 1 atom stereocenters. The van der Waals surface area contributed by atoms with Crippen molar-refractivity contribution in [3.05, 3.63) is 48.0 Å². The van der Waals surface area contributed by atoms with E-state index in [-0.39, 0.29) is 35.7 Å². The highest BCUT2D eigenvalue weighted by Crippen LogP contribution is 2.34. The molecule has 2 aliphatic heterocycles. The highest BCUT2D eigenvalue weighted by molar-refractivity contribution is 7.89. The van der Waals surface area contributed by atoms with Crippen LogP contribution in [0.3, 0.4) is 0 Å². The van der Waals surface area contributed by atoms with E-state index in [1.165, 1.54) is 16.4 Å². The van der Waals surface area contributed by atoms with Gasteiger partial charge in [0.2, 0.25) is 15.9 Å². The summed E-state index contributed by atoms with van der Waals surface area (Å²) in [7, 11) is -2.16. The molecule has 1 fully saturated rings. The zero-order valence-electron chi connectivity index (χ0n) is 19.2. The van der Waals surface area contributed by atoms with Crippen LogP contribution in [-0.4, -0.2) is 50.8 Å². The smallest absolute Gasteiger partial charge is 0.265 e. The maximum absolute atomic E-state index is 13.2. The molecular formula is C24H29N3O6S. The molecule has 0 spiro atoms. The number of hydrogen-bond donors (Lipinski definition) is 2. The SMILES string of the molecule is CCC1Oc2ccc(S(=O)(=O)N3CCC(C(=O)NCc4ccc(OC)cc4)CC3)cc2NC1=O. The molecule has 2 amide bonds. The van der Waals surface area contributed by atoms with Gasteiger partial charge in [0.05, 0.1) is 17.7 Å². The summed E-state index contributed by atoms with van der Waals surface area (Å²) in [5.74, 6) is 0.602. The molecule has 0 radical (unpaired) electrons. The first-order chi connectivity index (χ1) is 16.3. The van der Waals surface area contributed by atoms with Gasteiger partial charge in [-0.25, -0.2) is 8.42 Å². The number of sulfonamides is 1. The Hall–Kier alpha value is -3.11. The summed E-state index contributed by atoms with van der Waals surface area (Å²) in [5.41, 5.74) is 1.31. The lowest BCUT2D eigenvalue weighted by Crippen LogP contribution is -2.43. The van der Waals surface area contributed by atoms with Gasteiger partial charge >= 0.3 is 0 Å². The molecule has 4 rings (SSSR count). The third-order valence-electron chi connectivity index (χ3n) is 6.23. The summed E-state index contributed by atoms with van der Waals surface area (Å²) in [5, 5.41) is 5.66. The first kappa shape index (κ1) is 24.0. The summed E-state index contributed by atoms with van der Waals surface area (Å²) in [6, 6.07) is 12.0. The number of benzene rings is 2. The second-order valence-corrected chi connectivity index (χ2v) is 10.3. The van der Waals surface area contributed by atoms with Crippen LogP contribution in [0.1, 0.15) is 31.7 Å². The third kappa shape index (κ3) is 5.02. The Balaban J connectivity index is 1.34. The van der Waals surface area contributed by atoms with Crippen LogP contribution in [0, 0.1) is 5.92 Å². The van der Waals surface area contributed by atoms with Gasteiger partial charge in [0.15, 0.2) is 6.10 Å². The van der Waals surface area contributed by atoms with Crippen LogP contribution in [0.15, 0.2) is 47.4 Å². The molecule has 34 heavy (non-hydrogen) atoms. The minimum Gasteiger partial charge on any atom is -0.497 e. The molecule has 0 aromatic heterocycles. The van der Waals surface area contributed by atoms with E-state index in [2.05, 4.69) is 10.6 Å².